The summed E-state index contributed by atoms with van der Waals surface area (Å²) in [6.07, 6.45) is 0. The summed E-state index contributed by atoms with van der Waals surface area (Å²) in [4.78, 5) is 10.6. The number of aliphatic carboxylic acids is 1. The lowest BCUT2D eigenvalue weighted by atomic mass is 10.0. The molecular weight excluding hydrogens is 353 g/mol. The third-order valence-electron chi connectivity index (χ3n) is 3.27. The Balaban J connectivity index is 2.32. The summed E-state index contributed by atoms with van der Waals surface area (Å²) in [7, 11) is 0. The number of hydrogen-bond donors (Lipinski definition) is 3. The number of halogens is 2. The van der Waals surface area contributed by atoms with Gasteiger partial charge in [-0.2, -0.15) is 0 Å². The van der Waals surface area contributed by atoms with Crippen molar-refractivity contribution in [3.8, 4) is 17.2 Å². The van der Waals surface area contributed by atoms with E-state index in [1.165, 1.54) is 6.07 Å². The second-order valence-corrected chi connectivity index (χ2v) is 6.31. The van der Waals surface area contributed by atoms with Gasteiger partial charge in [-0.15, -0.1) is 0 Å². The summed E-state index contributed by atoms with van der Waals surface area (Å²) in [6.45, 7) is 3.70. The lowest BCUT2D eigenvalue weighted by Crippen LogP contribution is -2.12. The molecule has 0 saturated heterocycles. The quantitative estimate of drug-likeness (QED) is 0.659. The van der Waals surface area contributed by atoms with Crippen LogP contribution in [0.5, 0.6) is 17.2 Å². The van der Waals surface area contributed by atoms with Gasteiger partial charge in [-0.3, -0.25) is 4.79 Å². The topological polar surface area (TPSA) is 78.8 Å². The van der Waals surface area contributed by atoms with Gasteiger partial charge in [0.1, 0.15) is 18.0 Å². The van der Waals surface area contributed by atoms with E-state index in [1.807, 2.05) is 13.8 Å². The van der Waals surface area contributed by atoms with Crippen molar-refractivity contribution < 1.29 is 19.7 Å². The molecule has 0 atom stereocenters. The van der Waals surface area contributed by atoms with Gasteiger partial charge in [0.2, 0.25) is 0 Å². The zero-order chi connectivity index (χ0) is 17.9. The molecule has 7 heteroatoms. The van der Waals surface area contributed by atoms with Gasteiger partial charge in [0, 0.05) is 11.3 Å². The SMILES string of the molecule is CC(C)c1cc(O)ccc1Oc1c(Cl)cc(NCC(=O)O)cc1Cl. The molecule has 2 rings (SSSR count). The number of anilines is 1. The number of phenols is 1. The van der Waals surface area contributed by atoms with Crippen molar-refractivity contribution in [1.82, 2.24) is 0 Å². The van der Waals surface area contributed by atoms with E-state index < -0.39 is 5.97 Å². The number of phenolic OH excluding ortho intramolecular Hbond substituents is 1. The molecule has 0 unspecified atom stereocenters. The van der Waals surface area contributed by atoms with Crippen molar-refractivity contribution >= 4 is 34.9 Å². The number of carbonyl (C=O) groups is 1. The van der Waals surface area contributed by atoms with E-state index in [9.17, 15) is 9.90 Å². The first-order valence-electron chi connectivity index (χ1n) is 7.23. The molecule has 24 heavy (non-hydrogen) atoms. The second-order valence-electron chi connectivity index (χ2n) is 5.50. The molecule has 3 N–H and O–H groups in total. The zero-order valence-electron chi connectivity index (χ0n) is 13.1. The summed E-state index contributed by atoms with van der Waals surface area (Å²) in [5.74, 6) is 0.0931. The standard InChI is InChI=1S/C17H17Cl2NO4/c1-9(2)12-7-11(21)3-4-15(12)24-17-13(18)5-10(6-14(17)19)20-8-16(22)23/h3-7,9,20-21H,8H2,1-2H3,(H,22,23). The number of carboxylic acid groups (broad SMARTS) is 1. The van der Waals surface area contributed by atoms with Gasteiger partial charge >= 0.3 is 5.97 Å². The maximum absolute atomic E-state index is 10.6. The zero-order valence-corrected chi connectivity index (χ0v) is 14.6. The van der Waals surface area contributed by atoms with Crippen molar-refractivity contribution in [3.63, 3.8) is 0 Å². The minimum Gasteiger partial charge on any atom is -0.508 e. The minimum absolute atomic E-state index is 0.126. The molecule has 0 aliphatic heterocycles. The number of ether oxygens (including phenoxy) is 1. The predicted octanol–water partition coefficient (Wildman–Crippen LogP) is 5.11. The largest absolute Gasteiger partial charge is 0.508 e. The van der Waals surface area contributed by atoms with E-state index in [-0.39, 0.29) is 34.0 Å². The molecule has 0 fully saturated rings. The Labute approximate surface area is 149 Å². The van der Waals surface area contributed by atoms with E-state index in [0.717, 1.165) is 5.56 Å². The number of benzene rings is 2. The Morgan fingerprint density at radius 2 is 1.83 bits per heavy atom. The average molecular weight is 370 g/mol. The maximum atomic E-state index is 10.6. The van der Waals surface area contributed by atoms with Crippen molar-refractivity contribution in [2.45, 2.75) is 19.8 Å². The van der Waals surface area contributed by atoms with E-state index in [2.05, 4.69) is 5.32 Å². The van der Waals surface area contributed by atoms with Crippen LogP contribution in [-0.4, -0.2) is 22.7 Å². The van der Waals surface area contributed by atoms with E-state index in [4.69, 9.17) is 33.0 Å². The molecule has 128 valence electrons. The highest BCUT2D eigenvalue weighted by Gasteiger charge is 2.15. The molecule has 0 heterocycles. The first-order chi connectivity index (χ1) is 11.3. The lowest BCUT2D eigenvalue weighted by Gasteiger charge is -2.16. The first-order valence-corrected chi connectivity index (χ1v) is 7.99. The van der Waals surface area contributed by atoms with Gasteiger partial charge in [-0.1, -0.05) is 37.0 Å². The van der Waals surface area contributed by atoms with Crippen molar-refractivity contribution in [2.75, 3.05) is 11.9 Å². The molecule has 2 aromatic rings. The third-order valence-corrected chi connectivity index (χ3v) is 3.83. The number of aromatic hydroxyl groups is 1. The monoisotopic (exact) mass is 369 g/mol. The highest BCUT2D eigenvalue weighted by Crippen LogP contribution is 2.41. The number of carboxylic acids is 1. The molecule has 0 aliphatic carbocycles. The highest BCUT2D eigenvalue weighted by atomic mass is 35.5. The van der Waals surface area contributed by atoms with Gasteiger partial charge in [0.05, 0.1) is 10.0 Å². The van der Waals surface area contributed by atoms with Crippen molar-refractivity contribution in [2.24, 2.45) is 0 Å². The average Bonchev–Trinajstić information content (AvgIpc) is 2.49. The fraction of sp³-hybridized carbons (Fsp3) is 0.235. The Bertz CT molecular complexity index is 739. The molecule has 0 aromatic heterocycles. The summed E-state index contributed by atoms with van der Waals surface area (Å²) < 4.78 is 5.85. The van der Waals surface area contributed by atoms with Crippen LogP contribution in [0.2, 0.25) is 10.0 Å². The second kappa shape index (κ2) is 7.64. The van der Waals surface area contributed by atoms with Crippen LogP contribution in [0.3, 0.4) is 0 Å². The van der Waals surface area contributed by atoms with Crippen LogP contribution in [0.4, 0.5) is 5.69 Å². The number of rotatable bonds is 6. The number of nitrogens with one attached hydrogen (secondary N) is 1. The van der Waals surface area contributed by atoms with Crippen molar-refractivity contribution in [1.29, 1.82) is 0 Å². The van der Waals surface area contributed by atoms with Crippen LogP contribution in [0.25, 0.3) is 0 Å². The fourth-order valence-electron chi connectivity index (χ4n) is 2.13. The molecule has 5 nitrogen and oxygen atoms in total. The molecule has 2 aromatic carbocycles. The minimum atomic E-state index is -0.992. The summed E-state index contributed by atoms with van der Waals surface area (Å²) in [5.41, 5.74) is 1.30. The Hall–Kier alpha value is -2.11. The van der Waals surface area contributed by atoms with E-state index >= 15 is 0 Å². The molecule has 0 bridgehead atoms. The van der Waals surface area contributed by atoms with Gasteiger partial charge in [0.15, 0.2) is 5.75 Å². The van der Waals surface area contributed by atoms with Crippen LogP contribution < -0.4 is 10.1 Å². The maximum Gasteiger partial charge on any atom is 0.322 e. The molecular formula is C17H17Cl2NO4. The lowest BCUT2D eigenvalue weighted by molar-refractivity contribution is -0.134. The van der Waals surface area contributed by atoms with Crippen LogP contribution in [-0.2, 0) is 4.79 Å². The Morgan fingerprint density at radius 1 is 1.21 bits per heavy atom. The van der Waals surface area contributed by atoms with Crippen LogP contribution in [0.1, 0.15) is 25.3 Å². The van der Waals surface area contributed by atoms with Crippen LogP contribution in [0.15, 0.2) is 30.3 Å². The smallest absolute Gasteiger partial charge is 0.322 e. The predicted molar refractivity (Wildman–Crippen MR) is 94.9 cm³/mol. The van der Waals surface area contributed by atoms with Gasteiger partial charge < -0.3 is 20.3 Å². The Kier molecular flexibility index (Phi) is 5.80. The number of hydrogen-bond acceptors (Lipinski definition) is 4. The molecule has 0 spiro atoms. The highest BCUT2D eigenvalue weighted by molar-refractivity contribution is 6.37. The normalized spacial score (nSPS) is 10.7. The molecule has 0 amide bonds. The van der Waals surface area contributed by atoms with Crippen LogP contribution in [0, 0.1) is 0 Å². The molecule has 0 aliphatic rings. The summed E-state index contributed by atoms with van der Waals surface area (Å²) in [5, 5.41) is 21.5. The fourth-order valence-corrected chi connectivity index (χ4v) is 2.69. The van der Waals surface area contributed by atoms with Crippen molar-refractivity contribution in [3.05, 3.63) is 45.9 Å². The van der Waals surface area contributed by atoms with Gasteiger partial charge in [0.25, 0.3) is 0 Å². The molecule has 0 radical (unpaired) electrons. The van der Waals surface area contributed by atoms with E-state index in [1.54, 1.807) is 24.3 Å². The van der Waals surface area contributed by atoms with Gasteiger partial charge in [-0.05, 0) is 36.2 Å². The summed E-state index contributed by atoms with van der Waals surface area (Å²) in [6, 6.07) is 7.88. The molecule has 0 saturated carbocycles. The third kappa shape index (κ3) is 4.46. The first kappa shape index (κ1) is 18.2. The van der Waals surface area contributed by atoms with E-state index in [0.29, 0.717) is 11.4 Å². The van der Waals surface area contributed by atoms with Crippen LogP contribution >= 0.6 is 23.2 Å². The Morgan fingerprint density at radius 3 is 2.38 bits per heavy atom. The summed E-state index contributed by atoms with van der Waals surface area (Å²) >= 11 is 12.4. The van der Waals surface area contributed by atoms with Gasteiger partial charge in [-0.25, -0.2) is 0 Å².